The van der Waals surface area contributed by atoms with Gasteiger partial charge in [-0.2, -0.15) is 0 Å². The van der Waals surface area contributed by atoms with E-state index in [9.17, 15) is 32.4 Å². The van der Waals surface area contributed by atoms with Gasteiger partial charge in [0.15, 0.2) is 5.78 Å². The molecule has 1 aliphatic rings. The quantitative estimate of drug-likeness (QED) is 0.147. The Balaban J connectivity index is 1.24. The van der Waals surface area contributed by atoms with Crippen LogP contribution in [0.25, 0.3) is 16.6 Å². The second-order valence-corrected chi connectivity index (χ2v) is 14.5. The van der Waals surface area contributed by atoms with Gasteiger partial charge in [-0.3, -0.25) is 33.6 Å². The number of ether oxygens (including phenoxy) is 1. The Morgan fingerprint density at radius 1 is 0.963 bits per heavy atom. The number of amides is 1. The minimum absolute atomic E-state index is 0.134. The molecule has 0 aliphatic heterocycles. The molecule has 0 bridgehead atoms. The summed E-state index contributed by atoms with van der Waals surface area (Å²) in [6.07, 6.45) is 7.29. The van der Waals surface area contributed by atoms with E-state index in [1.165, 1.54) is 67.5 Å². The van der Waals surface area contributed by atoms with E-state index in [4.69, 9.17) is 4.74 Å². The van der Waals surface area contributed by atoms with E-state index >= 15 is 8.78 Å². The minimum atomic E-state index is -4.42. The van der Waals surface area contributed by atoms with Crippen LogP contribution in [-0.2, 0) is 33.0 Å². The number of halogens is 2. The molecule has 3 aromatic heterocycles. The Morgan fingerprint density at radius 2 is 1.69 bits per heavy atom. The van der Waals surface area contributed by atoms with Gasteiger partial charge in [-0.15, -0.1) is 0 Å². The summed E-state index contributed by atoms with van der Waals surface area (Å²) >= 11 is 0. The van der Waals surface area contributed by atoms with Crippen molar-refractivity contribution < 1.29 is 36.3 Å². The van der Waals surface area contributed by atoms with Crippen molar-refractivity contribution in [2.45, 2.75) is 62.5 Å². The first-order valence-electron chi connectivity index (χ1n) is 16.9. The highest BCUT2D eigenvalue weighted by atomic mass is 32.2. The Bertz CT molecular complexity index is 2500. The zero-order chi connectivity index (χ0) is 38.7. The first-order chi connectivity index (χ1) is 25.7. The third kappa shape index (κ3) is 7.95. The molecule has 0 spiro atoms. The van der Waals surface area contributed by atoms with Crippen molar-refractivity contribution in [3.63, 3.8) is 0 Å². The van der Waals surface area contributed by atoms with Crippen LogP contribution in [0, 0.1) is 11.6 Å². The van der Waals surface area contributed by atoms with Crippen LogP contribution in [0.2, 0.25) is 0 Å². The number of carbonyl (C=O) groups is 3. The van der Waals surface area contributed by atoms with Gasteiger partial charge < -0.3 is 10.1 Å². The lowest BCUT2D eigenvalue weighted by Crippen LogP contribution is -2.45. The number of hydrogen-bond acceptors (Lipinski definition) is 10. The molecular formula is C37H34F2N6O8S. The van der Waals surface area contributed by atoms with E-state index in [0.717, 1.165) is 36.0 Å². The van der Waals surface area contributed by atoms with Gasteiger partial charge >= 0.3 is 11.7 Å². The SMILES string of the molecule is CC(=O)c1ccc(S(=O)(=O)Nc2cc(F)c(C(=O)N[C@@H](Cc3ccc(-n4c(=O)c5ccncc5n(C)c4=O)cn3)C(=O)OC3CCCCC3)cc2F)cc1. The van der Waals surface area contributed by atoms with Gasteiger partial charge in [0, 0.05) is 37.0 Å². The molecule has 1 amide bonds. The molecule has 17 heteroatoms. The molecule has 1 aliphatic carbocycles. The summed E-state index contributed by atoms with van der Waals surface area (Å²) in [6, 6.07) is 8.74. The minimum Gasteiger partial charge on any atom is -0.461 e. The van der Waals surface area contributed by atoms with Crippen LogP contribution < -0.4 is 21.3 Å². The summed E-state index contributed by atoms with van der Waals surface area (Å²) < 4.78 is 66.2. The number of aryl methyl sites for hydroxylation is 1. The van der Waals surface area contributed by atoms with Crippen LogP contribution in [0.3, 0.4) is 0 Å². The fraction of sp³-hybridized carbons (Fsp3) is 0.270. The normalized spacial score (nSPS) is 14.0. The maximum absolute atomic E-state index is 15.4. The second-order valence-electron chi connectivity index (χ2n) is 12.8. The summed E-state index contributed by atoms with van der Waals surface area (Å²) in [4.78, 5) is 72.7. The monoisotopic (exact) mass is 760 g/mol. The summed E-state index contributed by atoms with van der Waals surface area (Å²) in [5.41, 5.74) is -1.89. The number of esters is 1. The molecule has 6 rings (SSSR count). The fourth-order valence-electron chi connectivity index (χ4n) is 6.13. The van der Waals surface area contributed by atoms with Crippen molar-refractivity contribution in [3.05, 3.63) is 122 Å². The molecule has 0 saturated heterocycles. The molecular weight excluding hydrogens is 727 g/mol. The van der Waals surface area contributed by atoms with Crippen molar-refractivity contribution in [1.82, 2.24) is 24.4 Å². The van der Waals surface area contributed by atoms with E-state index < -0.39 is 68.2 Å². The topological polar surface area (TPSA) is 188 Å². The number of fused-ring (bicyclic) bond motifs is 1. The van der Waals surface area contributed by atoms with Gasteiger partial charge in [0.1, 0.15) is 23.8 Å². The maximum Gasteiger partial charge on any atom is 0.335 e. The number of sulfonamides is 1. The standard InChI is InChI=1S/C37H34F2N6O8S/c1-21(46)22-8-12-26(13-9-22)54(51,52)43-31-18-29(38)28(17-30(31)39)34(47)42-32(36(49)53-25-6-4-3-5-7-25)16-23-10-11-24(19-41-23)45-35(48)27-14-15-40-20-33(27)44(2)37(45)50/h8-15,17-20,25,32,43H,3-7,16H2,1-2H3,(H,42,47)/t32-/m0/s1. The highest BCUT2D eigenvalue weighted by Crippen LogP contribution is 2.25. The molecule has 1 saturated carbocycles. The largest absolute Gasteiger partial charge is 0.461 e. The predicted octanol–water partition coefficient (Wildman–Crippen LogP) is 3.98. The van der Waals surface area contributed by atoms with Crippen LogP contribution >= 0.6 is 0 Å². The number of benzene rings is 2. The van der Waals surface area contributed by atoms with Crippen LogP contribution in [0.15, 0.2) is 87.7 Å². The molecule has 0 unspecified atom stereocenters. The number of Topliss-reactive ketones (excluding diaryl/α,β-unsaturated/α-hetero) is 1. The molecule has 14 nitrogen and oxygen atoms in total. The van der Waals surface area contributed by atoms with E-state index in [1.807, 2.05) is 4.72 Å². The van der Waals surface area contributed by atoms with Gasteiger partial charge in [0.25, 0.3) is 21.5 Å². The molecule has 2 aromatic carbocycles. The van der Waals surface area contributed by atoms with E-state index in [0.29, 0.717) is 30.5 Å². The van der Waals surface area contributed by atoms with Gasteiger partial charge in [-0.05, 0) is 69.0 Å². The average Bonchev–Trinajstić information content (AvgIpc) is 3.16. The number of anilines is 1. The van der Waals surface area contributed by atoms with Crippen LogP contribution in [-0.4, -0.2) is 57.3 Å². The lowest BCUT2D eigenvalue weighted by atomic mass is 9.97. The Kier molecular flexibility index (Phi) is 10.8. The highest BCUT2D eigenvalue weighted by molar-refractivity contribution is 7.92. The maximum atomic E-state index is 15.4. The van der Waals surface area contributed by atoms with Crippen molar-refractivity contribution in [3.8, 4) is 5.69 Å². The van der Waals surface area contributed by atoms with E-state index in [1.54, 1.807) is 0 Å². The summed E-state index contributed by atoms with van der Waals surface area (Å²) in [5.74, 6) is -4.90. The van der Waals surface area contributed by atoms with Crippen molar-refractivity contribution >= 4 is 44.3 Å². The molecule has 3 heterocycles. The summed E-state index contributed by atoms with van der Waals surface area (Å²) in [6.45, 7) is 1.30. The fourth-order valence-corrected chi connectivity index (χ4v) is 7.19. The zero-order valence-electron chi connectivity index (χ0n) is 29.0. The number of ketones is 1. The smallest absolute Gasteiger partial charge is 0.335 e. The number of nitrogens with one attached hydrogen (secondary N) is 2. The predicted molar refractivity (Wildman–Crippen MR) is 192 cm³/mol. The zero-order valence-corrected chi connectivity index (χ0v) is 29.9. The number of hydrogen-bond donors (Lipinski definition) is 2. The van der Waals surface area contributed by atoms with Gasteiger partial charge in [-0.25, -0.2) is 31.4 Å². The lowest BCUT2D eigenvalue weighted by molar-refractivity contribution is -0.152. The number of aromatic nitrogens is 4. The third-order valence-electron chi connectivity index (χ3n) is 9.10. The molecule has 2 N–H and O–H groups in total. The number of carbonyl (C=O) groups excluding carboxylic acids is 3. The number of pyridine rings is 2. The van der Waals surface area contributed by atoms with E-state index in [2.05, 4.69) is 15.3 Å². The van der Waals surface area contributed by atoms with Gasteiger partial charge in [0.2, 0.25) is 0 Å². The first kappa shape index (κ1) is 37.7. The molecule has 1 atom stereocenters. The number of nitrogens with zero attached hydrogens (tertiary/aromatic N) is 4. The summed E-state index contributed by atoms with van der Waals surface area (Å²) in [7, 11) is -2.93. The first-order valence-corrected chi connectivity index (χ1v) is 18.4. The van der Waals surface area contributed by atoms with Crippen molar-refractivity contribution in [2.75, 3.05) is 4.72 Å². The van der Waals surface area contributed by atoms with Gasteiger partial charge in [-0.1, -0.05) is 18.6 Å². The van der Waals surface area contributed by atoms with Crippen LogP contribution in [0.4, 0.5) is 14.5 Å². The number of rotatable bonds is 11. The Morgan fingerprint density at radius 3 is 2.35 bits per heavy atom. The highest BCUT2D eigenvalue weighted by Gasteiger charge is 2.29. The lowest BCUT2D eigenvalue weighted by Gasteiger charge is -2.25. The van der Waals surface area contributed by atoms with Crippen molar-refractivity contribution in [2.24, 2.45) is 7.05 Å². The molecule has 1 fully saturated rings. The third-order valence-corrected chi connectivity index (χ3v) is 10.5. The second kappa shape index (κ2) is 15.5. The van der Waals surface area contributed by atoms with Crippen LogP contribution in [0.1, 0.15) is 65.4 Å². The van der Waals surface area contributed by atoms with Crippen molar-refractivity contribution in [1.29, 1.82) is 0 Å². The Hall–Kier alpha value is -6.10. The molecule has 54 heavy (non-hydrogen) atoms. The summed E-state index contributed by atoms with van der Waals surface area (Å²) in [5, 5.41) is 2.65. The van der Waals surface area contributed by atoms with E-state index in [-0.39, 0.29) is 39.4 Å². The molecule has 0 radical (unpaired) electrons. The molecule has 5 aromatic rings. The average molecular weight is 761 g/mol. The van der Waals surface area contributed by atoms with Gasteiger partial charge in [0.05, 0.1) is 45.1 Å². The Labute approximate surface area is 306 Å². The molecule has 280 valence electrons. The van der Waals surface area contributed by atoms with Crippen LogP contribution in [0.5, 0.6) is 0 Å².